The number of rotatable bonds is 3. The third-order valence-electron chi connectivity index (χ3n) is 2.01. The minimum absolute atomic E-state index is 0.180. The van der Waals surface area contributed by atoms with Crippen LogP contribution in [0, 0.1) is 11.3 Å². The van der Waals surface area contributed by atoms with Gasteiger partial charge in [-0.3, -0.25) is 0 Å². The molecule has 0 saturated heterocycles. The number of aryl methyl sites for hydroxylation is 1. The number of benzene rings is 1. The van der Waals surface area contributed by atoms with Crippen molar-refractivity contribution in [2.24, 2.45) is 0 Å². The Morgan fingerprint density at radius 2 is 2.06 bits per heavy atom. The summed E-state index contributed by atoms with van der Waals surface area (Å²) in [4.78, 5) is 0. The molecule has 0 saturated carbocycles. The van der Waals surface area contributed by atoms with Crippen LogP contribution in [-0.4, -0.2) is 6.36 Å². The summed E-state index contributed by atoms with van der Waals surface area (Å²) in [5.41, 5.74) is 1.14. The quantitative estimate of drug-likeness (QED) is 0.797. The lowest BCUT2D eigenvalue weighted by atomic mass is 10.1. The summed E-state index contributed by atoms with van der Waals surface area (Å²) in [5.74, 6) is -0.198. The number of nitrogens with zero attached hydrogens (tertiary/aromatic N) is 1. The Morgan fingerprint density at radius 1 is 1.38 bits per heavy atom. The lowest BCUT2D eigenvalue weighted by Gasteiger charge is -2.13. The Balaban J connectivity index is 2.98. The maximum absolute atomic E-state index is 12.0. The molecule has 0 unspecified atom stereocenters. The smallest absolute Gasteiger partial charge is 0.406 e. The van der Waals surface area contributed by atoms with Gasteiger partial charge in [-0.05, 0) is 23.6 Å². The molecule has 5 heteroatoms. The fourth-order valence-electron chi connectivity index (χ4n) is 1.33. The van der Waals surface area contributed by atoms with Gasteiger partial charge >= 0.3 is 6.36 Å². The number of alkyl halides is 3. The molecule has 0 bridgehead atoms. The van der Waals surface area contributed by atoms with E-state index in [0.29, 0.717) is 17.5 Å². The van der Waals surface area contributed by atoms with Gasteiger partial charge in [-0.2, -0.15) is 5.26 Å². The summed E-state index contributed by atoms with van der Waals surface area (Å²) < 4.78 is 40.0. The van der Waals surface area contributed by atoms with E-state index in [1.54, 1.807) is 13.0 Å². The molecule has 0 atom stereocenters. The van der Waals surface area contributed by atoms with Crippen LogP contribution in [0.15, 0.2) is 18.2 Å². The number of hydrogen-bond acceptors (Lipinski definition) is 2. The van der Waals surface area contributed by atoms with Crippen LogP contribution in [-0.2, 0) is 12.8 Å². The van der Waals surface area contributed by atoms with Gasteiger partial charge in [0.15, 0.2) is 0 Å². The Bertz CT molecular complexity index is 407. The van der Waals surface area contributed by atoms with Gasteiger partial charge in [0.05, 0.1) is 12.5 Å². The van der Waals surface area contributed by atoms with Crippen LogP contribution in [0.3, 0.4) is 0 Å². The highest BCUT2D eigenvalue weighted by atomic mass is 19.4. The normalized spacial score (nSPS) is 10.9. The van der Waals surface area contributed by atoms with Crippen molar-refractivity contribution in [1.29, 1.82) is 5.26 Å². The van der Waals surface area contributed by atoms with Crippen molar-refractivity contribution in [1.82, 2.24) is 0 Å². The van der Waals surface area contributed by atoms with Crippen LogP contribution in [0.1, 0.15) is 18.1 Å². The third-order valence-corrected chi connectivity index (χ3v) is 2.01. The lowest BCUT2D eigenvalue weighted by Crippen LogP contribution is -2.18. The van der Waals surface area contributed by atoms with Crippen LogP contribution < -0.4 is 4.74 Å². The first kappa shape index (κ1) is 12.4. The predicted molar refractivity (Wildman–Crippen MR) is 51.8 cm³/mol. The molecule has 0 aliphatic heterocycles. The molecule has 2 nitrogen and oxygen atoms in total. The largest absolute Gasteiger partial charge is 0.573 e. The van der Waals surface area contributed by atoms with Crippen LogP contribution >= 0.6 is 0 Å². The van der Waals surface area contributed by atoms with Gasteiger partial charge in [0.2, 0.25) is 0 Å². The van der Waals surface area contributed by atoms with Crippen LogP contribution in [0.4, 0.5) is 13.2 Å². The van der Waals surface area contributed by atoms with Gasteiger partial charge in [-0.25, -0.2) is 0 Å². The van der Waals surface area contributed by atoms with E-state index < -0.39 is 6.36 Å². The number of ether oxygens (including phenoxy) is 1. The lowest BCUT2D eigenvalue weighted by molar-refractivity contribution is -0.274. The third kappa shape index (κ3) is 3.46. The minimum Gasteiger partial charge on any atom is -0.406 e. The first-order valence-corrected chi connectivity index (χ1v) is 4.70. The predicted octanol–water partition coefficient (Wildman–Crippen LogP) is 3.21. The Labute approximate surface area is 91.3 Å². The van der Waals surface area contributed by atoms with Crippen LogP contribution in [0.25, 0.3) is 0 Å². The first-order chi connectivity index (χ1) is 7.46. The zero-order chi connectivity index (χ0) is 12.2. The van der Waals surface area contributed by atoms with Crippen molar-refractivity contribution in [2.45, 2.75) is 26.1 Å². The van der Waals surface area contributed by atoms with Gasteiger partial charge in [0.25, 0.3) is 0 Å². The first-order valence-electron chi connectivity index (χ1n) is 4.70. The summed E-state index contributed by atoms with van der Waals surface area (Å²) in [6, 6.07) is 6.21. The number of halogens is 3. The fraction of sp³-hybridized carbons (Fsp3) is 0.364. The van der Waals surface area contributed by atoms with E-state index >= 15 is 0 Å². The van der Waals surface area contributed by atoms with E-state index in [9.17, 15) is 13.2 Å². The van der Waals surface area contributed by atoms with Crippen molar-refractivity contribution in [3.05, 3.63) is 29.3 Å². The maximum atomic E-state index is 12.0. The van der Waals surface area contributed by atoms with Crippen molar-refractivity contribution >= 4 is 0 Å². The van der Waals surface area contributed by atoms with E-state index in [-0.39, 0.29) is 12.2 Å². The van der Waals surface area contributed by atoms with E-state index in [2.05, 4.69) is 4.74 Å². The molecule has 0 amide bonds. The molecule has 86 valence electrons. The van der Waals surface area contributed by atoms with Gasteiger partial charge in [-0.15, -0.1) is 13.2 Å². The Hall–Kier alpha value is -1.70. The highest BCUT2D eigenvalue weighted by Gasteiger charge is 2.31. The molecule has 1 aromatic carbocycles. The minimum atomic E-state index is -4.68. The Morgan fingerprint density at radius 3 is 2.56 bits per heavy atom. The van der Waals surface area contributed by atoms with E-state index in [4.69, 9.17) is 5.26 Å². The molecule has 0 spiro atoms. The highest BCUT2D eigenvalue weighted by Crippen LogP contribution is 2.27. The van der Waals surface area contributed by atoms with Crippen LogP contribution in [0.5, 0.6) is 5.75 Å². The second-order valence-corrected chi connectivity index (χ2v) is 3.18. The van der Waals surface area contributed by atoms with Crippen molar-refractivity contribution in [3.63, 3.8) is 0 Å². The van der Waals surface area contributed by atoms with E-state index in [1.807, 2.05) is 6.07 Å². The maximum Gasteiger partial charge on any atom is 0.573 e. The Kier molecular flexibility index (Phi) is 3.78. The van der Waals surface area contributed by atoms with Crippen LogP contribution in [0.2, 0.25) is 0 Å². The number of hydrogen-bond donors (Lipinski definition) is 0. The summed E-state index contributed by atoms with van der Waals surface area (Å²) >= 11 is 0. The zero-order valence-electron chi connectivity index (χ0n) is 8.64. The second-order valence-electron chi connectivity index (χ2n) is 3.18. The summed E-state index contributed by atoms with van der Waals surface area (Å²) in [6.45, 7) is 1.73. The van der Waals surface area contributed by atoms with Crippen molar-refractivity contribution in [3.8, 4) is 11.8 Å². The summed E-state index contributed by atoms with van der Waals surface area (Å²) in [5, 5.41) is 8.48. The molecule has 1 rings (SSSR count). The molecule has 0 N–H and O–H groups in total. The number of nitriles is 1. The van der Waals surface area contributed by atoms with Gasteiger partial charge in [0.1, 0.15) is 5.75 Å². The topological polar surface area (TPSA) is 33.0 Å². The average molecular weight is 229 g/mol. The van der Waals surface area contributed by atoms with E-state index in [0.717, 1.165) is 0 Å². The molecule has 16 heavy (non-hydrogen) atoms. The van der Waals surface area contributed by atoms with Crippen molar-refractivity contribution < 1.29 is 17.9 Å². The monoisotopic (exact) mass is 229 g/mol. The van der Waals surface area contributed by atoms with Gasteiger partial charge in [-0.1, -0.05) is 19.1 Å². The second kappa shape index (κ2) is 4.88. The molecule has 0 aliphatic rings. The van der Waals surface area contributed by atoms with Gasteiger partial charge < -0.3 is 4.74 Å². The molecule has 0 aliphatic carbocycles. The van der Waals surface area contributed by atoms with Crippen molar-refractivity contribution in [2.75, 3.05) is 0 Å². The SMILES string of the molecule is CCc1cc(CC#N)ccc1OC(F)(F)F. The van der Waals surface area contributed by atoms with Gasteiger partial charge in [0, 0.05) is 0 Å². The molecule has 0 heterocycles. The molecule has 0 fully saturated rings. The standard InChI is InChI=1S/C11H10F3NO/c1-2-9-7-8(5-6-15)3-4-10(9)16-11(12,13)14/h3-4,7H,2,5H2,1H3. The summed E-state index contributed by atoms with van der Waals surface area (Å²) in [7, 11) is 0. The zero-order valence-corrected chi connectivity index (χ0v) is 8.64. The molecule has 1 aromatic rings. The van der Waals surface area contributed by atoms with E-state index in [1.165, 1.54) is 12.1 Å². The highest BCUT2D eigenvalue weighted by molar-refractivity contribution is 5.38. The molecule has 0 aromatic heterocycles. The summed E-state index contributed by atoms with van der Waals surface area (Å²) in [6.07, 6.45) is -4.08. The molecular weight excluding hydrogens is 219 g/mol. The fourth-order valence-corrected chi connectivity index (χ4v) is 1.33. The average Bonchev–Trinajstić information content (AvgIpc) is 2.18. The molecular formula is C11H10F3NO. The molecule has 0 radical (unpaired) electrons.